The summed E-state index contributed by atoms with van der Waals surface area (Å²) in [5, 5.41) is 0. The van der Waals surface area contributed by atoms with E-state index in [1.165, 1.54) is 9.75 Å². The molecule has 0 aliphatic heterocycles. The van der Waals surface area contributed by atoms with Crippen molar-refractivity contribution in [2.24, 2.45) is 0 Å². The molecule has 0 aliphatic carbocycles. The topological polar surface area (TPSA) is 48.6 Å². The second kappa shape index (κ2) is 5.50. The van der Waals surface area contributed by atoms with Gasteiger partial charge < -0.3 is 9.97 Å². The van der Waals surface area contributed by atoms with Crippen molar-refractivity contribution in [2.75, 3.05) is 0 Å². The molecule has 0 saturated carbocycles. The van der Waals surface area contributed by atoms with E-state index in [4.69, 9.17) is 0 Å². The first-order chi connectivity index (χ1) is 9.58. The Labute approximate surface area is 136 Å². The van der Waals surface area contributed by atoms with Crippen LogP contribution in [0.3, 0.4) is 0 Å². The fourth-order valence-electron chi connectivity index (χ4n) is 2.14. The first kappa shape index (κ1) is 14.1. The molecule has 6 heteroatoms. The second-order valence-corrected chi connectivity index (χ2v) is 7.49. The van der Waals surface area contributed by atoms with E-state index < -0.39 is 0 Å². The maximum absolute atomic E-state index is 11.4. The first-order valence-corrected chi connectivity index (χ1v) is 8.75. The number of hydrogen-bond donors (Lipinski definition) is 2. The van der Waals surface area contributed by atoms with Crippen molar-refractivity contribution in [3.63, 3.8) is 0 Å². The van der Waals surface area contributed by atoms with Gasteiger partial charge in [0.2, 0.25) is 0 Å². The minimum Gasteiger partial charge on any atom is -0.306 e. The van der Waals surface area contributed by atoms with Crippen LogP contribution >= 0.6 is 43.2 Å². The normalized spacial score (nSPS) is 12.9. The smallest absolute Gasteiger partial charge is 0.306 e. The Morgan fingerprint density at radius 2 is 1.95 bits per heavy atom. The summed E-state index contributed by atoms with van der Waals surface area (Å²) >= 11 is 9.15. The number of aryl methyl sites for hydroxylation is 1. The van der Waals surface area contributed by atoms with Gasteiger partial charge in [-0.1, -0.05) is 38.8 Å². The fraction of sp³-hybridized carbons (Fsp3) is 0.214. The molecule has 0 amide bonds. The van der Waals surface area contributed by atoms with Crippen LogP contribution in [-0.4, -0.2) is 9.97 Å². The van der Waals surface area contributed by atoms with Crippen LogP contribution in [0.1, 0.15) is 27.1 Å². The number of aromatic amines is 2. The number of thiophene rings is 1. The molecule has 104 valence electrons. The van der Waals surface area contributed by atoms with Gasteiger partial charge in [0.25, 0.3) is 0 Å². The van der Waals surface area contributed by atoms with Crippen LogP contribution in [-0.2, 0) is 6.42 Å². The van der Waals surface area contributed by atoms with Gasteiger partial charge in [-0.25, -0.2) is 4.79 Å². The number of imidazole rings is 1. The molecule has 1 unspecified atom stereocenters. The number of hydrogen-bond acceptors (Lipinski definition) is 2. The van der Waals surface area contributed by atoms with Gasteiger partial charge in [0, 0.05) is 14.2 Å². The lowest BCUT2D eigenvalue weighted by atomic mass is 10.1. The van der Waals surface area contributed by atoms with Crippen molar-refractivity contribution in [2.45, 2.75) is 18.2 Å². The SMILES string of the molecule is CCc1ccc(C(Br)c2cc3[nH]c(=O)[nH]c3cc2Br)s1. The van der Waals surface area contributed by atoms with E-state index in [2.05, 4.69) is 60.9 Å². The van der Waals surface area contributed by atoms with Gasteiger partial charge in [-0.2, -0.15) is 0 Å². The lowest BCUT2D eigenvalue weighted by molar-refractivity contribution is 1.19. The van der Waals surface area contributed by atoms with Crippen LogP contribution in [0.2, 0.25) is 0 Å². The molecule has 3 nitrogen and oxygen atoms in total. The van der Waals surface area contributed by atoms with E-state index in [9.17, 15) is 4.79 Å². The number of fused-ring (bicyclic) bond motifs is 1. The third-order valence-corrected chi connectivity index (χ3v) is 6.46. The van der Waals surface area contributed by atoms with Crippen molar-refractivity contribution < 1.29 is 0 Å². The highest BCUT2D eigenvalue weighted by Crippen LogP contribution is 2.39. The Kier molecular flexibility index (Phi) is 3.88. The molecule has 0 fully saturated rings. The van der Waals surface area contributed by atoms with Crippen molar-refractivity contribution in [1.29, 1.82) is 0 Å². The van der Waals surface area contributed by atoms with Crippen LogP contribution in [0.4, 0.5) is 0 Å². The second-order valence-electron chi connectivity index (χ2n) is 4.52. The Hall–Kier alpha value is -0.850. The zero-order chi connectivity index (χ0) is 14.3. The van der Waals surface area contributed by atoms with Crippen LogP contribution in [0, 0.1) is 0 Å². The Morgan fingerprint density at radius 1 is 1.25 bits per heavy atom. The maximum Gasteiger partial charge on any atom is 0.323 e. The van der Waals surface area contributed by atoms with Gasteiger partial charge in [0.1, 0.15) is 0 Å². The van der Waals surface area contributed by atoms with Gasteiger partial charge in [0.15, 0.2) is 0 Å². The fourth-order valence-corrected chi connectivity index (χ4v) is 4.78. The highest BCUT2D eigenvalue weighted by atomic mass is 79.9. The zero-order valence-electron chi connectivity index (χ0n) is 10.7. The third-order valence-electron chi connectivity index (χ3n) is 3.19. The summed E-state index contributed by atoms with van der Waals surface area (Å²) in [5.41, 5.74) is 2.56. The number of H-pyrrole nitrogens is 2. The number of rotatable bonds is 3. The summed E-state index contributed by atoms with van der Waals surface area (Å²) in [4.78, 5) is 19.7. The van der Waals surface area contributed by atoms with E-state index in [0.29, 0.717) is 0 Å². The van der Waals surface area contributed by atoms with Crippen LogP contribution < -0.4 is 5.69 Å². The van der Waals surface area contributed by atoms with Gasteiger partial charge in [-0.3, -0.25) is 0 Å². The van der Waals surface area contributed by atoms with E-state index in [1.807, 2.05) is 23.5 Å². The number of aromatic nitrogens is 2. The number of nitrogens with one attached hydrogen (secondary N) is 2. The van der Waals surface area contributed by atoms with Crippen LogP contribution in [0.5, 0.6) is 0 Å². The molecule has 0 aliphatic rings. The molecular formula is C14H12Br2N2OS. The highest BCUT2D eigenvalue weighted by Gasteiger charge is 2.17. The molecule has 3 aromatic rings. The summed E-state index contributed by atoms with van der Waals surface area (Å²) in [6, 6.07) is 8.26. The quantitative estimate of drug-likeness (QED) is 0.597. The molecule has 2 heterocycles. The lowest BCUT2D eigenvalue weighted by Crippen LogP contribution is -1.99. The molecule has 0 bridgehead atoms. The monoisotopic (exact) mass is 414 g/mol. The Bertz CT molecular complexity index is 818. The molecule has 3 rings (SSSR count). The van der Waals surface area contributed by atoms with Crippen molar-refractivity contribution in [3.8, 4) is 0 Å². The van der Waals surface area contributed by atoms with Crippen LogP contribution in [0.15, 0.2) is 33.5 Å². The standard InChI is InChI=1S/C14H12Br2N2OS/c1-2-7-3-4-12(20-7)13(16)8-5-10-11(6-9(8)15)18-14(19)17-10/h3-6,13H,2H2,1H3,(H2,17,18,19). The predicted octanol–water partition coefficient (Wildman–Crippen LogP) is 4.73. The molecule has 2 N–H and O–H groups in total. The summed E-state index contributed by atoms with van der Waals surface area (Å²) in [5.74, 6) is 0. The molecule has 2 aromatic heterocycles. The summed E-state index contributed by atoms with van der Waals surface area (Å²) < 4.78 is 0.980. The molecular weight excluding hydrogens is 404 g/mol. The van der Waals surface area contributed by atoms with E-state index in [-0.39, 0.29) is 10.5 Å². The van der Waals surface area contributed by atoms with E-state index in [0.717, 1.165) is 27.5 Å². The third kappa shape index (κ3) is 2.52. The molecule has 0 spiro atoms. The van der Waals surface area contributed by atoms with Gasteiger partial charge in [-0.15, -0.1) is 11.3 Å². The number of alkyl halides is 1. The van der Waals surface area contributed by atoms with Gasteiger partial charge in [0.05, 0.1) is 15.9 Å². The van der Waals surface area contributed by atoms with Crippen molar-refractivity contribution >= 4 is 54.2 Å². The molecule has 0 saturated heterocycles. The van der Waals surface area contributed by atoms with Crippen molar-refractivity contribution in [3.05, 3.63) is 54.5 Å². The maximum atomic E-state index is 11.4. The van der Waals surface area contributed by atoms with Crippen LogP contribution in [0.25, 0.3) is 11.0 Å². The Morgan fingerprint density at radius 3 is 2.60 bits per heavy atom. The van der Waals surface area contributed by atoms with Crippen molar-refractivity contribution in [1.82, 2.24) is 9.97 Å². The van der Waals surface area contributed by atoms with Gasteiger partial charge in [-0.05, 0) is 36.2 Å². The highest BCUT2D eigenvalue weighted by molar-refractivity contribution is 9.11. The predicted molar refractivity (Wildman–Crippen MR) is 91.1 cm³/mol. The van der Waals surface area contributed by atoms with Gasteiger partial charge >= 0.3 is 5.69 Å². The minimum absolute atomic E-state index is 0.116. The molecule has 20 heavy (non-hydrogen) atoms. The average Bonchev–Trinajstić information content (AvgIpc) is 3.02. The summed E-state index contributed by atoms with van der Waals surface area (Å²) in [7, 11) is 0. The van der Waals surface area contributed by atoms with E-state index >= 15 is 0 Å². The number of benzene rings is 1. The zero-order valence-corrected chi connectivity index (χ0v) is 14.7. The number of halogens is 2. The average molecular weight is 416 g/mol. The molecule has 1 atom stereocenters. The first-order valence-electron chi connectivity index (χ1n) is 6.22. The summed E-state index contributed by atoms with van der Waals surface area (Å²) in [6.07, 6.45) is 1.05. The Balaban J connectivity index is 2.07. The minimum atomic E-state index is -0.181. The summed E-state index contributed by atoms with van der Waals surface area (Å²) in [6.45, 7) is 2.16. The molecule has 1 aromatic carbocycles. The lowest BCUT2D eigenvalue weighted by Gasteiger charge is -2.10. The largest absolute Gasteiger partial charge is 0.323 e. The van der Waals surface area contributed by atoms with E-state index in [1.54, 1.807) is 0 Å². The molecule has 0 radical (unpaired) electrons.